The normalized spacial score (nSPS) is 26.2. The van der Waals surface area contributed by atoms with Gasteiger partial charge in [0.2, 0.25) is 5.91 Å². The highest BCUT2D eigenvalue weighted by Crippen LogP contribution is 2.31. The maximum absolute atomic E-state index is 12.2. The van der Waals surface area contributed by atoms with Crippen molar-refractivity contribution in [2.45, 2.75) is 62.6 Å². The van der Waals surface area contributed by atoms with Crippen LogP contribution in [0, 0.1) is 0 Å². The average molecular weight is 348 g/mol. The number of rotatable bonds is 5. The van der Waals surface area contributed by atoms with Crippen LogP contribution < -0.4 is 10.2 Å². The van der Waals surface area contributed by atoms with Gasteiger partial charge in [-0.05, 0) is 25.7 Å². The Morgan fingerprint density at radius 3 is 2.60 bits per heavy atom. The van der Waals surface area contributed by atoms with E-state index in [9.17, 15) is 15.0 Å². The summed E-state index contributed by atoms with van der Waals surface area (Å²) < 4.78 is 0. The van der Waals surface area contributed by atoms with Gasteiger partial charge in [0.1, 0.15) is 5.82 Å². The predicted molar refractivity (Wildman–Crippen MR) is 94.1 cm³/mol. The van der Waals surface area contributed by atoms with E-state index in [0.717, 1.165) is 38.0 Å². The van der Waals surface area contributed by atoms with Crippen LogP contribution in [-0.4, -0.2) is 56.9 Å². The lowest BCUT2D eigenvalue weighted by atomic mass is 9.82. The van der Waals surface area contributed by atoms with Crippen molar-refractivity contribution < 1.29 is 15.0 Å². The minimum Gasteiger partial charge on any atom is -0.389 e. The number of anilines is 1. The van der Waals surface area contributed by atoms with Gasteiger partial charge in [-0.25, -0.2) is 4.98 Å². The van der Waals surface area contributed by atoms with Crippen LogP contribution in [0.5, 0.6) is 0 Å². The van der Waals surface area contributed by atoms with Crippen LogP contribution >= 0.6 is 0 Å². The van der Waals surface area contributed by atoms with Crippen molar-refractivity contribution in [3.05, 3.63) is 18.6 Å². The molecule has 1 amide bonds. The SMILES string of the molecule is O=C(CC1(O)CCCCC1)NC[C@@]1(O)CCCN(c2cnccn2)C1. The molecule has 0 aromatic carbocycles. The highest BCUT2D eigenvalue weighted by molar-refractivity contribution is 5.77. The lowest BCUT2D eigenvalue weighted by Gasteiger charge is -2.40. The molecule has 138 valence electrons. The van der Waals surface area contributed by atoms with E-state index in [1.165, 1.54) is 0 Å². The molecule has 1 aromatic heterocycles. The van der Waals surface area contributed by atoms with E-state index >= 15 is 0 Å². The van der Waals surface area contributed by atoms with Gasteiger partial charge in [-0.1, -0.05) is 19.3 Å². The van der Waals surface area contributed by atoms with E-state index in [0.29, 0.717) is 25.8 Å². The van der Waals surface area contributed by atoms with Gasteiger partial charge in [0.15, 0.2) is 0 Å². The number of β-amino-alcohol motifs (C(OH)–C–C–N with tert-alkyl or cyclic N) is 1. The molecule has 25 heavy (non-hydrogen) atoms. The predicted octanol–water partition coefficient (Wildman–Crippen LogP) is 1.01. The highest BCUT2D eigenvalue weighted by Gasteiger charge is 2.36. The van der Waals surface area contributed by atoms with E-state index < -0.39 is 11.2 Å². The number of aromatic nitrogens is 2. The number of carbonyl (C=O) groups excluding carboxylic acids is 1. The Labute approximate surface area is 148 Å². The van der Waals surface area contributed by atoms with Crippen molar-refractivity contribution in [2.24, 2.45) is 0 Å². The standard InChI is InChI=1S/C18H28N4O3/c23-16(11-17(24)5-2-1-3-6-17)21-13-18(25)7-4-10-22(14-18)15-12-19-8-9-20-15/h8-9,12,24-25H,1-7,10-11,13-14H2,(H,21,23)/t18-/m0/s1. The molecule has 0 radical (unpaired) electrons. The molecular formula is C18H28N4O3. The third-order valence-corrected chi connectivity index (χ3v) is 5.32. The van der Waals surface area contributed by atoms with Gasteiger partial charge in [-0.15, -0.1) is 0 Å². The van der Waals surface area contributed by atoms with E-state index in [1.807, 2.05) is 4.90 Å². The quantitative estimate of drug-likeness (QED) is 0.735. The lowest BCUT2D eigenvalue weighted by molar-refractivity contribution is -0.128. The molecule has 1 aliphatic carbocycles. The van der Waals surface area contributed by atoms with Gasteiger partial charge in [0.05, 0.1) is 23.8 Å². The zero-order chi connectivity index (χ0) is 17.8. The number of aliphatic hydroxyl groups is 2. The first kappa shape index (κ1) is 18.1. The zero-order valence-corrected chi connectivity index (χ0v) is 14.7. The number of nitrogens with zero attached hydrogens (tertiary/aromatic N) is 3. The summed E-state index contributed by atoms with van der Waals surface area (Å²) in [5.41, 5.74) is -1.86. The maximum Gasteiger partial charge on any atom is 0.222 e. The molecule has 0 unspecified atom stereocenters. The highest BCUT2D eigenvalue weighted by atomic mass is 16.3. The van der Waals surface area contributed by atoms with E-state index in [-0.39, 0.29) is 18.9 Å². The Morgan fingerprint density at radius 2 is 1.88 bits per heavy atom. The summed E-state index contributed by atoms with van der Waals surface area (Å²) in [5, 5.41) is 24.2. The Balaban J connectivity index is 1.52. The third-order valence-electron chi connectivity index (χ3n) is 5.32. The molecule has 1 atom stereocenters. The monoisotopic (exact) mass is 348 g/mol. The van der Waals surface area contributed by atoms with E-state index in [1.54, 1.807) is 18.6 Å². The van der Waals surface area contributed by atoms with Crippen LogP contribution in [0.25, 0.3) is 0 Å². The second kappa shape index (κ2) is 7.66. The molecule has 1 aromatic rings. The summed E-state index contributed by atoms with van der Waals surface area (Å²) in [7, 11) is 0. The summed E-state index contributed by atoms with van der Waals surface area (Å²) in [6.07, 6.45) is 11.0. The first-order valence-corrected chi connectivity index (χ1v) is 9.21. The molecular weight excluding hydrogens is 320 g/mol. The maximum atomic E-state index is 12.2. The smallest absolute Gasteiger partial charge is 0.222 e. The van der Waals surface area contributed by atoms with Crippen LogP contribution in [0.1, 0.15) is 51.4 Å². The van der Waals surface area contributed by atoms with Crippen molar-refractivity contribution in [1.82, 2.24) is 15.3 Å². The molecule has 0 bridgehead atoms. The number of piperidine rings is 1. The first-order valence-electron chi connectivity index (χ1n) is 9.21. The third kappa shape index (κ3) is 4.89. The molecule has 3 N–H and O–H groups in total. The largest absolute Gasteiger partial charge is 0.389 e. The number of carbonyl (C=O) groups is 1. The molecule has 1 aliphatic heterocycles. The molecule has 2 fully saturated rings. The molecule has 2 aliphatic rings. The van der Waals surface area contributed by atoms with Crippen LogP contribution in [-0.2, 0) is 4.79 Å². The second-order valence-electron chi connectivity index (χ2n) is 7.55. The number of nitrogens with one attached hydrogen (secondary N) is 1. The fourth-order valence-electron chi connectivity index (χ4n) is 3.92. The summed E-state index contributed by atoms with van der Waals surface area (Å²) >= 11 is 0. The van der Waals surface area contributed by atoms with Crippen molar-refractivity contribution in [1.29, 1.82) is 0 Å². The van der Waals surface area contributed by atoms with Crippen molar-refractivity contribution >= 4 is 11.7 Å². The fourth-order valence-corrected chi connectivity index (χ4v) is 3.92. The Kier molecular flexibility index (Phi) is 5.54. The van der Waals surface area contributed by atoms with Gasteiger partial charge in [0, 0.05) is 32.0 Å². The van der Waals surface area contributed by atoms with Gasteiger partial charge in [-0.3, -0.25) is 9.78 Å². The molecule has 7 heteroatoms. The molecule has 0 spiro atoms. The Bertz CT molecular complexity index is 577. The minimum atomic E-state index is -0.986. The molecule has 7 nitrogen and oxygen atoms in total. The van der Waals surface area contributed by atoms with E-state index in [2.05, 4.69) is 15.3 Å². The van der Waals surface area contributed by atoms with Crippen LogP contribution in [0.2, 0.25) is 0 Å². The number of hydrogen-bond acceptors (Lipinski definition) is 6. The second-order valence-corrected chi connectivity index (χ2v) is 7.55. The topological polar surface area (TPSA) is 98.6 Å². The van der Waals surface area contributed by atoms with Crippen molar-refractivity contribution in [2.75, 3.05) is 24.5 Å². The minimum absolute atomic E-state index is 0.122. The van der Waals surface area contributed by atoms with Gasteiger partial charge in [-0.2, -0.15) is 0 Å². The van der Waals surface area contributed by atoms with Gasteiger partial charge < -0.3 is 20.4 Å². The molecule has 3 rings (SSSR count). The van der Waals surface area contributed by atoms with Crippen LogP contribution in [0.3, 0.4) is 0 Å². The van der Waals surface area contributed by atoms with Gasteiger partial charge >= 0.3 is 0 Å². The lowest BCUT2D eigenvalue weighted by Crippen LogP contribution is -2.55. The van der Waals surface area contributed by atoms with Crippen LogP contribution in [0.4, 0.5) is 5.82 Å². The summed E-state index contributed by atoms with van der Waals surface area (Å²) in [5.74, 6) is 0.554. The summed E-state index contributed by atoms with van der Waals surface area (Å²) in [6, 6.07) is 0. The molecule has 1 saturated carbocycles. The van der Waals surface area contributed by atoms with Crippen LogP contribution in [0.15, 0.2) is 18.6 Å². The Morgan fingerprint density at radius 1 is 1.12 bits per heavy atom. The first-order chi connectivity index (χ1) is 12.0. The fraction of sp³-hybridized carbons (Fsp3) is 0.722. The van der Waals surface area contributed by atoms with Gasteiger partial charge in [0.25, 0.3) is 0 Å². The number of amides is 1. The van der Waals surface area contributed by atoms with Crippen molar-refractivity contribution in [3.63, 3.8) is 0 Å². The summed E-state index contributed by atoms with van der Waals surface area (Å²) in [6.45, 7) is 1.42. The van der Waals surface area contributed by atoms with Crippen molar-refractivity contribution in [3.8, 4) is 0 Å². The average Bonchev–Trinajstić information content (AvgIpc) is 2.61. The van der Waals surface area contributed by atoms with E-state index in [4.69, 9.17) is 0 Å². The summed E-state index contributed by atoms with van der Waals surface area (Å²) in [4.78, 5) is 22.6. The molecule has 2 heterocycles. The Hall–Kier alpha value is -1.73. The molecule has 1 saturated heterocycles. The number of hydrogen-bond donors (Lipinski definition) is 3. The zero-order valence-electron chi connectivity index (χ0n) is 14.7.